The summed E-state index contributed by atoms with van der Waals surface area (Å²) in [5, 5.41) is 6.95. The number of benzene rings is 1. The highest BCUT2D eigenvalue weighted by Crippen LogP contribution is 2.22. The molecule has 1 fully saturated rings. The number of thiophene rings is 1. The first-order chi connectivity index (χ1) is 12.8. The Hall–Kier alpha value is -2.05. The number of ether oxygens (including phenoxy) is 1. The molecule has 26 heavy (non-hydrogen) atoms. The Morgan fingerprint density at radius 2 is 1.96 bits per heavy atom. The molecule has 0 unspecified atom stereocenters. The summed E-state index contributed by atoms with van der Waals surface area (Å²) in [5.74, 6) is 1.01. The van der Waals surface area contributed by atoms with Gasteiger partial charge in [0, 0.05) is 39.8 Å². The molecule has 0 aliphatic carbocycles. The lowest BCUT2D eigenvalue weighted by atomic mass is 10.1. The van der Waals surface area contributed by atoms with Gasteiger partial charge in [0.15, 0.2) is 5.96 Å². The molecule has 140 valence electrons. The monoisotopic (exact) mass is 372 g/mol. The molecular formula is C20H28N4OS. The van der Waals surface area contributed by atoms with Crippen LogP contribution in [-0.4, -0.2) is 50.7 Å². The van der Waals surface area contributed by atoms with E-state index in [2.05, 4.69) is 63.8 Å². The van der Waals surface area contributed by atoms with Gasteiger partial charge in [-0.2, -0.15) is 0 Å². The Kier molecular flexibility index (Phi) is 6.91. The van der Waals surface area contributed by atoms with E-state index in [4.69, 9.17) is 9.73 Å². The molecule has 1 aromatic carbocycles. The lowest BCUT2D eigenvalue weighted by molar-refractivity contribution is 0.185. The minimum absolute atomic E-state index is 0.641. The molecule has 2 aromatic rings. The van der Waals surface area contributed by atoms with Gasteiger partial charge in [-0.15, -0.1) is 11.3 Å². The zero-order valence-corrected chi connectivity index (χ0v) is 16.5. The summed E-state index contributed by atoms with van der Waals surface area (Å²) in [5.41, 5.74) is 2.40. The van der Waals surface area contributed by atoms with Crippen molar-refractivity contribution in [1.82, 2.24) is 10.2 Å². The van der Waals surface area contributed by atoms with Crippen molar-refractivity contribution in [2.75, 3.05) is 44.7 Å². The zero-order chi connectivity index (χ0) is 18.2. The molecule has 1 aliphatic rings. The summed E-state index contributed by atoms with van der Waals surface area (Å²) in [7, 11) is 1.73. The summed E-state index contributed by atoms with van der Waals surface area (Å²) in [6.07, 6.45) is 0. The highest BCUT2D eigenvalue weighted by molar-refractivity contribution is 7.14. The number of rotatable bonds is 6. The number of anilines is 1. The molecule has 5 nitrogen and oxygen atoms in total. The van der Waals surface area contributed by atoms with Crippen LogP contribution in [0.15, 0.2) is 46.8 Å². The third-order valence-electron chi connectivity index (χ3n) is 4.45. The summed E-state index contributed by atoms with van der Waals surface area (Å²) < 4.78 is 5.22. The second kappa shape index (κ2) is 9.59. The number of nitrogens with zero attached hydrogens (tertiary/aromatic N) is 3. The molecule has 0 saturated carbocycles. The minimum atomic E-state index is 0.641. The lowest BCUT2D eigenvalue weighted by Crippen LogP contribution is -2.52. The van der Waals surface area contributed by atoms with Crippen LogP contribution in [0.1, 0.15) is 18.1 Å². The van der Waals surface area contributed by atoms with Crippen molar-refractivity contribution in [3.8, 4) is 0 Å². The SMILES string of the molecule is CCNC(=NCc1cccc(COC)c1)N1CCN(c2cccs2)CC1. The van der Waals surface area contributed by atoms with Gasteiger partial charge in [-0.25, -0.2) is 4.99 Å². The van der Waals surface area contributed by atoms with E-state index in [0.717, 1.165) is 38.7 Å². The van der Waals surface area contributed by atoms with Gasteiger partial charge in [-0.1, -0.05) is 24.3 Å². The topological polar surface area (TPSA) is 40.1 Å². The summed E-state index contributed by atoms with van der Waals surface area (Å²) >= 11 is 1.81. The largest absolute Gasteiger partial charge is 0.380 e. The first-order valence-electron chi connectivity index (χ1n) is 9.18. The van der Waals surface area contributed by atoms with E-state index in [9.17, 15) is 0 Å². The maximum Gasteiger partial charge on any atom is 0.194 e. The van der Waals surface area contributed by atoms with E-state index in [1.54, 1.807) is 7.11 Å². The summed E-state index contributed by atoms with van der Waals surface area (Å²) in [6.45, 7) is 8.39. The molecular weight excluding hydrogens is 344 g/mol. The molecule has 0 bridgehead atoms. The molecule has 0 spiro atoms. The number of guanidine groups is 1. The van der Waals surface area contributed by atoms with E-state index in [1.807, 2.05) is 11.3 Å². The van der Waals surface area contributed by atoms with E-state index < -0.39 is 0 Å². The van der Waals surface area contributed by atoms with Crippen molar-refractivity contribution < 1.29 is 4.74 Å². The molecule has 1 saturated heterocycles. The highest BCUT2D eigenvalue weighted by atomic mass is 32.1. The smallest absolute Gasteiger partial charge is 0.194 e. The Labute approximate surface area is 160 Å². The fourth-order valence-corrected chi connectivity index (χ4v) is 3.95. The van der Waals surface area contributed by atoms with Crippen molar-refractivity contribution in [3.05, 3.63) is 52.9 Å². The predicted molar refractivity (Wildman–Crippen MR) is 110 cm³/mol. The fraction of sp³-hybridized carbons (Fsp3) is 0.450. The van der Waals surface area contributed by atoms with E-state index >= 15 is 0 Å². The van der Waals surface area contributed by atoms with Crippen LogP contribution in [0.5, 0.6) is 0 Å². The van der Waals surface area contributed by atoms with Crippen LogP contribution < -0.4 is 10.2 Å². The quantitative estimate of drug-likeness (QED) is 0.624. The molecule has 0 radical (unpaired) electrons. The third-order valence-corrected chi connectivity index (χ3v) is 5.37. The van der Waals surface area contributed by atoms with Gasteiger partial charge in [-0.3, -0.25) is 0 Å². The van der Waals surface area contributed by atoms with E-state index in [-0.39, 0.29) is 0 Å². The van der Waals surface area contributed by atoms with Gasteiger partial charge in [-0.05, 0) is 35.6 Å². The van der Waals surface area contributed by atoms with Crippen LogP contribution in [-0.2, 0) is 17.9 Å². The Balaban J connectivity index is 1.61. The van der Waals surface area contributed by atoms with E-state index in [0.29, 0.717) is 13.2 Å². The zero-order valence-electron chi connectivity index (χ0n) is 15.6. The molecule has 0 atom stereocenters. The minimum Gasteiger partial charge on any atom is -0.380 e. The second-order valence-electron chi connectivity index (χ2n) is 6.35. The van der Waals surface area contributed by atoms with Crippen LogP contribution in [0.2, 0.25) is 0 Å². The summed E-state index contributed by atoms with van der Waals surface area (Å²) in [4.78, 5) is 9.70. The Morgan fingerprint density at radius 1 is 1.15 bits per heavy atom. The van der Waals surface area contributed by atoms with Gasteiger partial charge in [0.2, 0.25) is 0 Å². The highest BCUT2D eigenvalue weighted by Gasteiger charge is 2.20. The lowest BCUT2D eigenvalue weighted by Gasteiger charge is -2.37. The molecule has 1 aromatic heterocycles. The number of hydrogen-bond acceptors (Lipinski definition) is 4. The number of nitrogens with one attached hydrogen (secondary N) is 1. The number of piperazine rings is 1. The van der Waals surface area contributed by atoms with Crippen LogP contribution in [0.25, 0.3) is 0 Å². The first-order valence-corrected chi connectivity index (χ1v) is 10.1. The Bertz CT molecular complexity index is 694. The average molecular weight is 373 g/mol. The van der Waals surface area contributed by atoms with Crippen molar-refractivity contribution in [1.29, 1.82) is 0 Å². The molecule has 1 N–H and O–H groups in total. The standard InChI is InChI=1S/C20H28N4OS/c1-3-21-20(22-15-17-6-4-7-18(14-17)16-25-2)24-11-9-23(10-12-24)19-8-5-13-26-19/h4-8,13-14H,3,9-12,15-16H2,1-2H3,(H,21,22). The van der Waals surface area contributed by atoms with Crippen molar-refractivity contribution >= 4 is 22.3 Å². The van der Waals surface area contributed by atoms with Crippen LogP contribution in [0.3, 0.4) is 0 Å². The van der Waals surface area contributed by atoms with Crippen LogP contribution in [0, 0.1) is 0 Å². The van der Waals surface area contributed by atoms with Gasteiger partial charge in [0.05, 0.1) is 18.2 Å². The van der Waals surface area contributed by atoms with Crippen molar-refractivity contribution in [3.63, 3.8) is 0 Å². The van der Waals surface area contributed by atoms with Gasteiger partial charge in [0.1, 0.15) is 0 Å². The maximum absolute atomic E-state index is 5.22. The fourth-order valence-electron chi connectivity index (χ4n) is 3.16. The van der Waals surface area contributed by atoms with E-state index in [1.165, 1.54) is 16.1 Å². The number of hydrogen-bond donors (Lipinski definition) is 1. The molecule has 2 heterocycles. The maximum atomic E-state index is 5.22. The second-order valence-corrected chi connectivity index (χ2v) is 7.27. The molecule has 3 rings (SSSR count). The number of aliphatic imine (C=N–C) groups is 1. The molecule has 6 heteroatoms. The van der Waals surface area contributed by atoms with Crippen LogP contribution >= 0.6 is 11.3 Å². The normalized spacial score (nSPS) is 15.4. The number of methoxy groups -OCH3 is 1. The predicted octanol–water partition coefficient (Wildman–Crippen LogP) is 3.18. The summed E-state index contributed by atoms with van der Waals surface area (Å²) in [6, 6.07) is 12.8. The molecule has 0 amide bonds. The first kappa shape index (κ1) is 18.7. The van der Waals surface area contributed by atoms with Gasteiger partial charge in [0.25, 0.3) is 0 Å². The Morgan fingerprint density at radius 3 is 2.65 bits per heavy atom. The van der Waals surface area contributed by atoms with Gasteiger partial charge < -0.3 is 19.9 Å². The third kappa shape index (κ3) is 4.99. The molecule has 1 aliphatic heterocycles. The van der Waals surface area contributed by atoms with Crippen molar-refractivity contribution in [2.45, 2.75) is 20.1 Å². The average Bonchev–Trinajstić information content (AvgIpc) is 3.21. The van der Waals surface area contributed by atoms with Crippen LogP contribution in [0.4, 0.5) is 5.00 Å². The van der Waals surface area contributed by atoms with Gasteiger partial charge >= 0.3 is 0 Å². The van der Waals surface area contributed by atoms with Crippen molar-refractivity contribution in [2.24, 2.45) is 4.99 Å².